The lowest BCUT2D eigenvalue weighted by molar-refractivity contribution is -0.116. The minimum atomic E-state index is -0.352. The minimum Gasteiger partial charge on any atom is -0.371 e. The van der Waals surface area contributed by atoms with Gasteiger partial charge in [0.25, 0.3) is 5.91 Å². The molecule has 1 unspecified atom stereocenters. The largest absolute Gasteiger partial charge is 0.371 e. The summed E-state index contributed by atoms with van der Waals surface area (Å²) in [6.07, 6.45) is 2.54. The quantitative estimate of drug-likeness (QED) is 0.597. The molecular formula is C23H24FN3O2S. The lowest BCUT2D eigenvalue weighted by atomic mass is 10.2. The van der Waals surface area contributed by atoms with Gasteiger partial charge in [0.2, 0.25) is 5.91 Å². The maximum Gasteiger partial charge on any atom is 0.261 e. The Kier molecular flexibility index (Phi) is 5.99. The van der Waals surface area contributed by atoms with Crippen molar-refractivity contribution in [3.63, 3.8) is 0 Å². The van der Waals surface area contributed by atoms with Crippen molar-refractivity contribution in [2.24, 2.45) is 0 Å². The van der Waals surface area contributed by atoms with E-state index in [0.717, 1.165) is 29.2 Å². The fourth-order valence-corrected chi connectivity index (χ4v) is 4.71. The standard InChI is InChI=1S/C23H24FN3O2S/c1-15(25-23(29)21-14-18-19(24)8-5-9-20(18)30-21)12-22(28)26-16-6-4-7-17(13-16)27-10-2-3-11-27/h4-9,13-15H,2-3,10-12H2,1H3,(H,25,29)(H,26,28). The molecule has 2 aromatic carbocycles. The summed E-state index contributed by atoms with van der Waals surface area (Å²) in [5.41, 5.74) is 1.87. The molecule has 156 valence electrons. The van der Waals surface area contributed by atoms with Crippen molar-refractivity contribution < 1.29 is 14.0 Å². The second kappa shape index (κ2) is 8.83. The summed E-state index contributed by atoms with van der Waals surface area (Å²) in [5, 5.41) is 6.18. The number of hydrogen-bond donors (Lipinski definition) is 2. The van der Waals surface area contributed by atoms with Gasteiger partial charge in [-0.3, -0.25) is 9.59 Å². The van der Waals surface area contributed by atoms with Gasteiger partial charge in [-0.15, -0.1) is 11.3 Å². The summed E-state index contributed by atoms with van der Waals surface area (Å²) in [4.78, 5) is 27.7. The molecule has 2 N–H and O–H groups in total. The Labute approximate surface area is 178 Å². The van der Waals surface area contributed by atoms with E-state index in [1.165, 1.54) is 30.2 Å². The average molecular weight is 426 g/mol. The third-order valence-corrected chi connectivity index (χ3v) is 6.30. The monoisotopic (exact) mass is 425 g/mol. The van der Waals surface area contributed by atoms with Crippen LogP contribution in [-0.4, -0.2) is 30.9 Å². The molecule has 0 aliphatic carbocycles. The normalized spacial score (nSPS) is 14.7. The molecule has 2 amide bonds. The molecule has 7 heteroatoms. The first-order valence-corrected chi connectivity index (χ1v) is 10.9. The molecule has 5 nitrogen and oxygen atoms in total. The third kappa shape index (κ3) is 4.62. The van der Waals surface area contributed by atoms with Crippen molar-refractivity contribution in [1.82, 2.24) is 5.32 Å². The van der Waals surface area contributed by atoms with Crippen LogP contribution < -0.4 is 15.5 Å². The summed E-state index contributed by atoms with van der Waals surface area (Å²) in [6.45, 7) is 3.87. The van der Waals surface area contributed by atoms with Crippen molar-refractivity contribution >= 4 is 44.6 Å². The van der Waals surface area contributed by atoms with Crippen molar-refractivity contribution in [2.45, 2.75) is 32.2 Å². The van der Waals surface area contributed by atoms with Crippen LogP contribution in [0.25, 0.3) is 10.1 Å². The SMILES string of the molecule is CC(CC(=O)Nc1cccc(N2CCCC2)c1)NC(=O)c1cc2c(F)cccc2s1. The zero-order chi connectivity index (χ0) is 21.1. The third-order valence-electron chi connectivity index (χ3n) is 5.20. The number of nitrogens with zero attached hydrogens (tertiary/aromatic N) is 1. The Hall–Kier alpha value is -2.93. The molecule has 1 atom stereocenters. The molecule has 0 bridgehead atoms. The lowest BCUT2D eigenvalue weighted by Gasteiger charge is -2.19. The van der Waals surface area contributed by atoms with Gasteiger partial charge in [-0.25, -0.2) is 4.39 Å². The molecule has 0 saturated carbocycles. The highest BCUT2D eigenvalue weighted by atomic mass is 32.1. The number of anilines is 2. The lowest BCUT2D eigenvalue weighted by Crippen LogP contribution is -2.35. The highest BCUT2D eigenvalue weighted by Crippen LogP contribution is 2.28. The number of thiophene rings is 1. The van der Waals surface area contributed by atoms with Gasteiger partial charge in [-0.2, -0.15) is 0 Å². The highest BCUT2D eigenvalue weighted by Gasteiger charge is 2.17. The molecule has 2 heterocycles. The highest BCUT2D eigenvalue weighted by molar-refractivity contribution is 7.20. The molecule has 0 radical (unpaired) electrons. The van der Waals surface area contributed by atoms with E-state index in [4.69, 9.17) is 0 Å². The van der Waals surface area contributed by atoms with Crippen LogP contribution >= 0.6 is 11.3 Å². The second-order valence-corrected chi connectivity index (χ2v) is 8.72. The Morgan fingerprint density at radius 2 is 1.90 bits per heavy atom. The van der Waals surface area contributed by atoms with E-state index in [0.29, 0.717) is 10.3 Å². The first-order valence-electron chi connectivity index (χ1n) is 10.1. The molecule has 30 heavy (non-hydrogen) atoms. The van der Waals surface area contributed by atoms with E-state index in [9.17, 15) is 14.0 Å². The molecule has 1 aromatic heterocycles. The van der Waals surface area contributed by atoms with Crippen molar-refractivity contribution in [3.05, 3.63) is 59.2 Å². The summed E-state index contributed by atoms with van der Waals surface area (Å²) < 4.78 is 14.6. The molecule has 3 aromatic rings. The van der Waals surface area contributed by atoms with Crippen LogP contribution in [0.3, 0.4) is 0 Å². The molecule has 1 saturated heterocycles. The predicted octanol–water partition coefficient (Wildman–Crippen LogP) is 4.79. The van der Waals surface area contributed by atoms with Gasteiger partial charge in [-0.1, -0.05) is 12.1 Å². The number of fused-ring (bicyclic) bond motifs is 1. The van der Waals surface area contributed by atoms with Crippen molar-refractivity contribution in [3.8, 4) is 0 Å². The van der Waals surface area contributed by atoms with Gasteiger partial charge >= 0.3 is 0 Å². The van der Waals surface area contributed by atoms with E-state index in [-0.39, 0.29) is 30.1 Å². The zero-order valence-corrected chi connectivity index (χ0v) is 17.6. The van der Waals surface area contributed by atoms with Crippen molar-refractivity contribution in [1.29, 1.82) is 0 Å². The molecule has 4 rings (SSSR count). The Morgan fingerprint density at radius 3 is 2.67 bits per heavy atom. The molecule has 1 aliphatic rings. The zero-order valence-electron chi connectivity index (χ0n) is 16.8. The van der Waals surface area contributed by atoms with Gasteiger partial charge in [0, 0.05) is 47.0 Å². The van der Waals surface area contributed by atoms with Gasteiger partial charge in [0.1, 0.15) is 5.82 Å². The molecule has 1 fully saturated rings. The number of carbonyl (C=O) groups is 2. The van der Waals surface area contributed by atoms with Crippen LogP contribution in [0.2, 0.25) is 0 Å². The summed E-state index contributed by atoms with van der Waals surface area (Å²) >= 11 is 1.24. The summed E-state index contributed by atoms with van der Waals surface area (Å²) in [6, 6.07) is 13.8. The number of nitrogens with one attached hydrogen (secondary N) is 2. The Balaban J connectivity index is 1.33. The number of amides is 2. The second-order valence-electron chi connectivity index (χ2n) is 7.63. The topological polar surface area (TPSA) is 61.4 Å². The summed E-state index contributed by atoms with van der Waals surface area (Å²) in [5.74, 6) is -0.804. The first kappa shape index (κ1) is 20.3. The number of rotatable bonds is 6. The number of halogens is 1. The average Bonchev–Trinajstić information content (AvgIpc) is 3.39. The smallest absolute Gasteiger partial charge is 0.261 e. The Morgan fingerprint density at radius 1 is 1.13 bits per heavy atom. The van der Waals surface area contributed by atoms with Gasteiger partial charge in [0.15, 0.2) is 0 Å². The van der Waals surface area contributed by atoms with Gasteiger partial charge in [-0.05, 0) is 56.2 Å². The number of benzene rings is 2. The van der Waals surface area contributed by atoms with Crippen LogP contribution in [0.4, 0.5) is 15.8 Å². The van der Waals surface area contributed by atoms with E-state index in [1.807, 2.05) is 18.2 Å². The maximum atomic E-state index is 13.9. The summed E-state index contributed by atoms with van der Waals surface area (Å²) in [7, 11) is 0. The van der Waals surface area contributed by atoms with Crippen LogP contribution in [0, 0.1) is 5.82 Å². The van der Waals surface area contributed by atoms with Gasteiger partial charge < -0.3 is 15.5 Å². The predicted molar refractivity (Wildman–Crippen MR) is 120 cm³/mol. The molecule has 0 spiro atoms. The maximum absolute atomic E-state index is 13.9. The fourth-order valence-electron chi connectivity index (χ4n) is 3.73. The number of hydrogen-bond acceptors (Lipinski definition) is 4. The van der Waals surface area contributed by atoms with Gasteiger partial charge in [0.05, 0.1) is 4.88 Å². The minimum absolute atomic E-state index is 0.152. The number of carbonyl (C=O) groups excluding carboxylic acids is 2. The first-order chi connectivity index (χ1) is 14.5. The van der Waals surface area contributed by atoms with Crippen LogP contribution in [0.15, 0.2) is 48.5 Å². The molecular weight excluding hydrogens is 401 g/mol. The Bertz CT molecular complexity index is 1080. The molecule has 1 aliphatic heterocycles. The van der Waals surface area contributed by atoms with E-state index >= 15 is 0 Å². The van der Waals surface area contributed by atoms with Crippen LogP contribution in [-0.2, 0) is 4.79 Å². The van der Waals surface area contributed by atoms with Crippen molar-refractivity contribution in [2.75, 3.05) is 23.3 Å². The van der Waals surface area contributed by atoms with E-state index in [1.54, 1.807) is 25.1 Å². The van der Waals surface area contributed by atoms with E-state index < -0.39 is 0 Å². The van der Waals surface area contributed by atoms with Crippen LogP contribution in [0.1, 0.15) is 35.9 Å². The van der Waals surface area contributed by atoms with E-state index in [2.05, 4.69) is 21.6 Å². The fraction of sp³-hybridized carbons (Fsp3) is 0.304. The van der Waals surface area contributed by atoms with Crippen LogP contribution in [0.5, 0.6) is 0 Å².